The zero-order chi connectivity index (χ0) is 36.2. The molecule has 0 amide bonds. The highest BCUT2D eigenvalue weighted by molar-refractivity contribution is 4.97. The van der Waals surface area contributed by atoms with Crippen LogP contribution in [-0.4, -0.2) is 222 Å². The van der Waals surface area contributed by atoms with E-state index in [-0.39, 0.29) is 6.61 Å². The lowest BCUT2D eigenvalue weighted by Crippen LogP contribution is -2.67. The lowest BCUT2D eigenvalue weighted by atomic mass is 9.95. The highest BCUT2D eigenvalue weighted by Gasteiger charge is 2.55. The minimum Gasteiger partial charge on any atom is -0.394 e. The summed E-state index contributed by atoms with van der Waals surface area (Å²) in [4.78, 5) is 0. The normalized spacial score (nSPS) is 49.6. The monoisotopic (exact) mass is 722 g/mol. The van der Waals surface area contributed by atoms with E-state index < -0.39 is 149 Å². The Balaban J connectivity index is 1.67. The molecular weight excluding hydrogens is 672 g/mol. The second-order valence-corrected chi connectivity index (χ2v) is 12.4. The quantitative estimate of drug-likeness (QED) is 0.0740. The summed E-state index contributed by atoms with van der Waals surface area (Å²) >= 11 is 0. The van der Waals surface area contributed by atoms with Crippen LogP contribution in [-0.2, 0) is 37.9 Å². The maximum Gasteiger partial charge on any atom is 0.187 e. The summed E-state index contributed by atoms with van der Waals surface area (Å²) in [5, 5.41) is 134. The molecule has 4 saturated heterocycles. The van der Waals surface area contributed by atoms with Gasteiger partial charge in [0.25, 0.3) is 0 Å². The molecule has 4 aliphatic heterocycles. The summed E-state index contributed by atoms with van der Waals surface area (Å²) in [5.41, 5.74) is 0. The van der Waals surface area contributed by atoms with Crippen LogP contribution in [0.15, 0.2) is 0 Å². The number of ether oxygens (including phenoxy) is 8. The van der Waals surface area contributed by atoms with Crippen molar-refractivity contribution in [3.05, 3.63) is 0 Å². The van der Waals surface area contributed by atoms with E-state index in [0.717, 1.165) is 0 Å². The van der Waals surface area contributed by atoms with Gasteiger partial charge in [-0.25, -0.2) is 0 Å². The summed E-state index contributed by atoms with van der Waals surface area (Å²) in [6, 6.07) is 0. The number of aliphatic hydroxyl groups excluding tert-OH is 13. The maximum absolute atomic E-state index is 11.5. The highest BCUT2D eigenvalue weighted by Crippen LogP contribution is 2.34. The van der Waals surface area contributed by atoms with Crippen LogP contribution >= 0.6 is 0 Å². The smallest absolute Gasteiger partial charge is 0.187 e. The largest absolute Gasteiger partial charge is 0.394 e. The Bertz CT molecular complexity index is 977. The topological polar surface area (TPSA) is 337 Å². The average Bonchev–Trinajstić information content (AvgIpc) is 3.09. The van der Waals surface area contributed by atoms with Crippen molar-refractivity contribution in [3.63, 3.8) is 0 Å². The van der Waals surface area contributed by atoms with Gasteiger partial charge < -0.3 is 104 Å². The van der Waals surface area contributed by atoms with Gasteiger partial charge in [0, 0.05) is 6.61 Å². The van der Waals surface area contributed by atoms with Crippen LogP contribution in [0.3, 0.4) is 0 Å². The van der Waals surface area contributed by atoms with Crippen molar-refractivity contribution >= 4 is 0 Å². The lowest BCUT2D eigenvalue weighted by Gasteiger charge is -2.49. The van der Waals surface area contributed by atoms with Crippen LogP contribution in [0, 0.1) is 0 Å². The van der Waals surface area contributed by atoms with Gasteiger partial charge in [-0.2, -0.15) is 0 Å². The molecule has 4 rings (SSSR count). The van der Waals surface area contributed by atoms with Crippen molar-refractivity contribution in [3.8, 4) is 0 Å². The zero-order valence-electron chi connectivity index (χ0n) is 26.6. The van der Waals surface area contributed by atoms with E-state index in [2.05, 4.69) is 0 Å². The van der Waals surface area contributed by atoms with E-state index in [0.29, 0.717) is 12.8 Å². The van der Waals surface area contributed by atoms with Crippen molar-refractivity contribution in [2.45, 2.75) is 143 Å². The predicted octanol–water partition coefficient (Wildman–Crippen LogP) is -7.92. The molecule has 4 heterocycles. The van der Waals surface area contributed by atoms with Crippen LogP contribution in [0.25, 0.3) is 0 Å². The molecule has 0 bridgehead atoms. The molecule has 4 aliphatic rings. The van der Waals surface area contributed by atoms with E-state index in [1.165, 1.54) is 0 Å². The van der Waals surface area contributed by atoms with Crippen LogP contribution in [0.5, 0.6) is 0 Å². The first-order chi connectivity index (χ1) is 23.3. The van der Waals surface area contributed by atoms with Crippen LogP contribution in [0.4, 0.5) is 0 Å². The lowest BCUT2D eigenvalue weighted by molar-refractivity contribution is -0.391. The molecule has 0 saturated carbocycles. The fraction of sp³-hybridized carbons (Fsp3) is 1.00. The third kappa shape index (κ3) is 9.04. The van der Waals surface area contributed by atoms with Gasteiger partial charge in [-0.15, -0.1) is 0 Å². The summed E-state index contributed by atoms with van der Waals surface area (Å²) < 4.78 is 45.6. The Hall–Kier alpha value is -0.840. The van der Waals surface area contributed by atoms with E-state index in [4.69, 9.17) is 37.9 Å². The molecular formula is C28H50O21. The number of unbranched alkanes of at least 4 members (excludes halogenated alkanes) is 1. The van der Waals surface area contributed by atoms with E-state index in [1.807, 2.05) is 6.92 Å². The molecule has 21 heteroatoms. The molecule has 0 aliphatic carbocycles. The van der Waals surface area contributed by atoms with Gasteiger partial charge in [0.1, 0.15) is 97.7 Å². The SMILES string of the molecule is CCCCO[C@H]1OC(CO[C@@H]2OC(CO)[C@@H](O)[C@H](O)C2O)[C@@H](O[C@@H]2OC(CO)[C@@H](O)[C@H](O)C2O)[C@H](O[C@@H]2OC(CO)[C@@H](O)[C@H](O)C2O)C1O. The summed E-state index contributed by atoms with van der Waals surface area (Å²) in [5.74, 6) is 0. The Labute approximate surface area is 280 Å². The number of hydrogen-bond donors (Lipinski definition) is 13. The van der Waals surface area contributed by atoms with Crippen LogP contribution in [0.1, 0.15) is 19.8 Å². The van der Waals surface area contributed by atoms with Gasteiger partial charge in [-0.1, -0.05) is 13.3 Å². The van der Waals surface area contributed by atoms with E-state index in [1.54, 1.807) is 0 Å². The van der Waals surface area contributed by atoms with Gasteiger partial charge >= 0.3 is 0 Å². The molecule has 21 nitrogen and oxygen atoms in total. The molecule has 0 aromatic rings. The molecule has 0 spiro atoms. The van der Waals surface area contributed by atoms with Crippen molar-refractivity contribution in [2.24, 2.45) is 0 Å². The number of rotatable bonds is 14. The van der Waals surface area contributed by atoms with Gasteiger partial charge in [0.15, 0.2) is 25.2 Å². The number of hydrogen-bond acceptors (Lipinski definition) is 21. The van der Waals surface area contributed by atoms with Crippen molar-refractivity contribution in [2.75, 3.05) is 33.0 Å². The fourth-order valence-corrected chi connectivity index (χ4v) is 5.89. The second kappa shape index (κ2) is 18.3. The second-order valence-electron chi connectivity index (χ2n) is 12.4. The fourth-order valence-electron chi connectivity index (χ4n) is 5.89. The minimum atomic E-state index is -1.96. The standard InChI is InChI=1S/C28H50O21/c1-2-3-4-42-26-22(41)24(49-28-21(40)18(37)15(34)11(7-31)46-28)23(48-27-20(39)17(36)14(33)10(6-30)45-27)12(47-26)8-43-25-19(38)16(35)13(32)9(5-29)44-25/h9-41H,2-8H2,1H3/t9?,10?,11?,12?,13-,14-,15-,16+,17+,18+,19?,20?,21?,22?,23-,24-,25-,26+,27+,28+/m1/s1. The van der Waals surface area contributed by atoms with Gasteiger partial charge in [0.2, 0.25) is 0 Å². The molecule has 288 valence electrons. The summed E-state index contributed by atoms with van der Waals surface area (Å²) in [6.45, 7) is -1.14. The molecule has 4 fully saturated rings. The molecule has 13 N–H and O–H groups in total. The van der Waals surface area contributed by atoms with E-state index in [9.17, 15) is 66.4 Å². The van der Waals surface area contributed by atoms with Crippen molar-refractivity contribution in [1.29, 1.82) is 0 Å². The average molecular weight is 723 g/mol. The summed E-state index contributed by atoms with van der Waals surface area (Å²) in [6.07, 6.45) is -33.2. The Morgan fingerprint density at radius 3 is 1.27 bits per heavy atom. The first-order valence-electron chi connectivity index (χ1n) is 16.1. The predicted molar refractivity (Wildman–Crippen MR) is 153 cm³/mol. The van der Waals surface area contributed by atoms with Crippen molar-refractivity contribution in [1.82, 2.24) is 0 Å². The van der Waals surface area contributed by atoms with Gasteiger partial charge in [-0.3, -0.25) is 0 Å². The molecule has 49 heavy (non-hydrogen) atoms. The van der Waals surface area contributed by atoms with Gasteiger partial charge in [-0.05, 0) is 6.42 Å². The Morgan fingerprint density at radius 1 is 0.429 bits per heavy atom. The molecule has 20 atom stereocenters. The third-order valence-corrected chi connectivity index (χ3v) is 8.95. The van der Waals surface area contributed by atoms with Crippen molar-refractivity contribution < 1.29 is 104 Å². The number of aliphatic hydroxyl groups is 13. The minimum absolute atomic E-state index is 0.0590. The first kappa shape index (κ1) is 40.9. The molecule has 0 aromatic carbocycles. The van der Waals surface area contributed by atoms with Gasteiger partial charge in [0.05, 0.1) is 26.4 Å². The summed E-state index contributed by atoms with van der Waals surface area (Å²) in [7, 11) is 0. The van der Waals surface area contributed by atoms with Crippen LogP contribution in [0.2, 0.25) is 0 Å². The molecule has 0 radical (unpaired) electrons. The third-order valence-electron chi connectivity index (χ3n) is 8.95. The maximum atomic E-state index is 11.5. The highest BCUT2D eigenvalue weighted by atomic mass is 16.8. The van der Waals surface area contributed by atoms with E-state index >= 15 is 0 Å². The van der Waals surface area contributed by atoms with Crippen LogP contribution < -0.4 is 0 Å². The molecule has 8 unspecified atom stereocenters. The zero-order valence-corrected chi connectivity index (χ0v) is 26.6. The Morgan fingerprint density at radius 2 is 0.816 bits per heavy atom. The molecule has 0 aromatic heterocycles. The first-order valence-corrected chi connectivity index (χ1v) is 16.1. The Kier molecular flexibility index (Phi) is 15.3.